The van der Waals surface area contributed by atoms with Crippen molar-refractivity contribution >= 4 is 9.84 Å². The van der Waals surface area contributed by atoms with Gasteiger partial charge in [0.25, 0.3) is 15.5 Å². The highest BCUT2D eigenvalue weighted by Crippen LogP contribution is 2.28. The standard InChI is InChI=1S/C12H15N2O4S/c1-12(2,3)10-11(13-18-14(10)15)19(16,17)9-7-5-4-6-8-9/h4-8,13H,1-3H3/q+1. The van der Waals surface area contributed by atoms with Gasteiger partial charge >= 0.3 is 5.03 Å². The fraction of sp³-hybridized carbons (Fsp3) is 0.333. The molecule has 1 N–H and O–H groups in total. The van der Waals surface area contributed by atoms with E-state index in [-0.39, 0.29) is 20.2 Å². The average Bonchev–Trinajstić information content (AvgIpc) is 2.73. The first kappa shape index (κ1) is 13.5. The first-order chi connectivity index (χ1) is 8.74. The Morgan fingerprint density at radius 1 is 1.16 bits per heavy atom. The number of aromatic amines is 1. The van der Waals surface area contributed by atoms with E-state index in [2.05, 4.69) is 9.79 Å². The molecule has 6 nitrogen and oxygen atoms in total. The summed E-state index contributed by atoms with van der Waals surface area (Å²) in [6, 6.07) is 7.90. The number of rotatable bonds is 2. The van der Waals surface area contributed by atoms with E-state index in [1.807, 2.05) is 0 Å². The molecule has 1 aromatic heterocycles. The Morgan fingerprint density at radius 3 is 2.26 bits per heavy atom. The Kier molecular flexibility index (Phi) is 3.09. The predicted octanol–water partition coefficient (Wildman–Crippen LogP) is 1.65. The van der Waals surface area contributed by atoms with Crippen LogP contribution >= 0.6 is 0 Å². The average molecular weight is 283 g/mol. The Morgan fingerprint density at radius 2 is 1.74 bits per heavy atom. The first-order valence-corrected chi connectivity index (χ1v) is 7.18. The second-order valence-corrected chi connectivity index (χ2v) is 7.08. The van der Waals surface area contributed by atoms with Crippen LogP contribution in [-0.2, 0) is 15.3 Å². The lowest BCUT2D eigenvalue weighted by Crippen LogP contribution is -2.29. The number of hydrogen-bond donors (Lipinski definition) is 1. The van der Waals surface area contributed by atoms with Crippen LogP contribution in [0.1, 0.15) is 26.5 Å². The van der Waals surface area contributed by atoms with E-state index >= 15 is 0 Å². The third kappa shape index (κ3) is 2.33. The van der Waals surface area contributed by atoms with Gasteiger partial charge in [-0.05, 0) is 17.0 Å². The lowest BCUT2D eigenvalue weighted by Gasteiger charge is -2.10. The molecule has 0 amide bonds. The molecule has 2 rings (SSSR count). The molecule has 19 heavy (non-hydrogen) atoms. The molecule has 102 valence electrons. The summed E-state index contributed by atoms with van der Waals surface area (Å²) in [6.45, 7) is 5.22. The predicted molar refractivity (Wildman–Crippen MR) is 67.0 cm³/mol. The number of sulfone groups is 1. The number of nitrogens with one attached hydrogen (secondary N) is 1. The highest BCUT2D eigenvalue weighted by molar-refractivity contribution is 7.91. The number of aromatic nitrogens is 2. The maximum Gasteiger partial charge on any atom is 0.311 e. The van der Waals surface area contributed by atoms with Crippen molar-refractivity contribution < 1.29 is 17.6 Å². The molecule has 1 heterocycles. The van der Waals surface area contributed by atoms with Gasteiger partial charge in [0.2, 0.25) is 0 Å². The quantitative estimate of drug-likeness (QED) is 0.908. The molecule has 0 unspecified atom stereocenters. The van der Waals surface area contributed by atoms with Crippen LogP contribution in [-0.4, -0.2) is 13.6 Å². The van der Waals surface area contributed by atoms with Crippen LogP contribution in [0.15, 0.2) is 44.9 Å². The number of H-pyrrole nitrogens is 1. The van der Waals surface area contributed by atoms with E-state index in [0.29, 0.717) is 0 Å². The number of hydrogen-bond acceptors (Lipinski definition) is 4. The molecule has 0 radical (unpaired) electrons. The lowest BCUT2D eigenvalue weighted by molar-refractivity contribution is -0.721. The zero-order valence-corrected chi connectivity index (χ0v) is 11.7. The van der Waals surface area contributed by atoms with E-state index in [0.717, 1.165) is 0 Å². The van der Waals surface area contributed by atoms with E-state index < -0.39 is 15.3 Å². The van der Waals surface area contributed by atoms with Crippen LogP contribution < -0.4 is 4.60 Å². The van der Waals surface area contributed by atoms with Gasteiger partial charge in [-0.3, -0.25) is 0 Å². The second kappa shape index (κ2) is 4.34. The summed E-state index contributed by atoms with van der Waals surface area (Å²) in [5, 5.41) is 2.00. The topological polar surface area (TPSA) is 86.0 Å². The first-order valence-electron chi connectivity index (χ1n) is 5.70. The second-order valence-electron chi connectivity index (χ2n) is 5.19. The van der Waals surface area contributed by atoms with Crippen molar-refractivity contribution in [3.8, 4) is 0 Å². The monoisotopic (exact) mass is 283 g/mol. The molecule has 0 bridgehead atoms. The van der Waals surface area contributed by atoms with Crippen LogP contribution in [0.25, 0.3) is 0 Å². The van der Waals surface area contributed by atoms with Gasteiger partial charge < -0.3 is 0 Å². The minimum atomic E-state index is -3.80. The van der Waals surface area contributed by atoms with Crippen molar-refractivity contribution in [3.05, 3.63) is 40.9 Å². The summed E-state index contributed by atoms with van der Waals surface area (Å²) in [7, 11) is -3.80. The Bertz CT molecular complexity index is 736. The summed E-state index contributed by atoms with van der Waals surface area (Å²) < 4.78 is 29.7. The normalized spacial score (nSPS) is 12.6. The minimum absolute atomic E-state index is 0.0522. The van der Waals surface area contributed by atoms with Gasteiger partial charge in [-0.15, -0.1) is 0 Å². The van der Waals surface area contributed by atoms with Gasteiger partial charge in [0.15, 0.2) is 4.60 Å². The van der Waals surface area contributed by atoms with Crippen LogP contribution in [0.4, 0.5) is 0 Å². The lowest BCUT2D eigenvalue weighted by atomic mass is 9.93. The molecule has 0 aliphatic rings. The molecule has 1 aromatic carbocycles. The maximum absolute atomic E-state index is 12.5. The van der Waals surface area contributed by atoms with Gasteiger partial charge in [-0.2, -0.15) is 0 Å². The zero-order chi connectivity index (χ0) is 14.3. The van der Waals surface area contributed by atoms with Crippen molar-refractivity contribution in [2.45, 2.75) is 36.1 Å². The summed E-state index contributed by atoms with van der Waals surface area (Å²) in [5.41, 5.74) is -0.612. The van der Waals surface area contributed by atoms with Crippen molar-refractivity contribution in [3.63, 3.8) is 0 Å². The molecule has 0 fully saturated rings. The number of benzene rings is 1. The third-order valence-electron chi connectivity index (χ3n) is 2.65. The molecular formula is C12H15N2O4S+. The summed E-state index contributed by atoms with van der Waals surface area (Å²) in [5.74, 6) is 0. The van der Waals surface area contributed by atoms with Crippen LogP contribution in [0.2, 0.25) is 0 Å². The van der Waals surface area contributed by atoms with Gasteiger partial charge in [-0.25, -0.2) is 8.42 Å². The smallest absolute Gasteiger partial charge is 0.214 e. The Balaban J connectivity index is 2.71. The SMILES string of the molecule is CC(C)(C)c1c(S(=O)(=O)c2ccccc2)[nH]o[n+]1=O. The third-order valence-corrected chi connectivity index (χ3v) is 4.36. The van der Waals surface area contributed by atoms with E-state index in [9.17, 15) is 13.3 Å². The van der Waals surface area contributed by atoms with E-state index in [1.54, 1.807) is 39.0 Å². The van der Waals surface area contributed by atoms with Crippen molar-refractivity contribution in [1.82, 2.24) is 5.16 Å². The molecule has 2 aromatic rings. The molecule has 0 spiro atoms. The highest BCUT2D eigenvalue weighted by Gasteiger charge is 2.40. The van der Waals surface area contributed by atoms with E-state index in [4.69, 9.17) is 0 Å². The maximum atomic E-state index is 12.5. The number of nitrogens with zero attached hydrogens (tertiary/aromatic N) is 1. The molecule has 0 aliphatic heterocycles. The molecular weight excluding hydrogens is 268 g/mol. The van der Waals surface area contributed by atoms with Crippen molar-refractivity contribution in [1.29, 1.82) is 0 Å². The van der Waals surface area contributed by atoms with Crippen molar-refractivity contribution in [2.75, 3.05) is 0 Å². The molecule has 7 heteroatoms. The molecule has 0 aliphatic carbocycles. The molecule has 0 saturated heterocycles. The van der Waals surface area contributed by atoms with Crippen LogP contribution in [0.5, 0.6) is 0 Å². The summed E-state index contributed by atoms with van der Waals surface area (Å²) in [4.78, 5) is 11.7. The molecule has 0 saturated carbocycles. The fourth-order valence-corrected chi connectivity index (χ4v) is 3.31. The molecule has 0 atom stereocenters. The van der Waals surface area contributed by atoms with Gasteiger partial charge in [0, 0.05) is 5.41 Å². The Labute approximate surface area is 110 Å². The van der Waals surface area contributed by atoms with Gasteiger partial charge in [0.1, 0.15) is 0 Å². The van der Waals surface area contributed by atoms with Crippen LogP contribution in [0, 0.1) is 4.91 Å². The largest absolute Gasteiger partial charge is 0.311 e. The fourth-order valence-electron chi connectivity index (χ4n) is 1.77. The summed E-state index contributed by atoms with van der Waals surface area (Å²) in [6.07, 6.45) is 0. The van der Waals surface area contributed by atoms with Gasteiger partial charge in [0.05, 0.1) is 4.90 Å². The van der Waals surface area contributed by atoms with Crippen LogP contribution in [0.3, 0.4) is 0 Å². The summed E-state index contributed by atoms with van der Waals surface area (Å²) >= 11 is 0. The van der Waals surface area contributed by atoms with E-state index in [1.165, 1.54) is 12.1 Å². The minimum Gasteiger partial charge on any atom is -0.214 e. The highest BCUT2D eigenvalue weighted by atomic mass is 32.2. The van der Waals surface area contributed by atoms with Gasteiger partial charge in [-0.1, -0.05) is 48.8 Å². The van der Waals surface area contributed by atoms with Crippen molar-refractivity contribution in [2.24, 2.45) is 0 Å². The zero-order valence-electron chi connectivity index (χ0n) is 10.9. The Hall–Kier alpha value is -1.89.